The third-order valence-electron chi connectivity index (χ3n) is 3.30. The second-order valence-corrected chi connectivity index (χ2v) is 5.02. The van der Waals surface area contributed by atoms with Gasteiger partial charge in [-0.15, -0.1) is 5.10 Å². The Morgan fingerprint density at radius 2 is 2.23 bits per heavy atom. The Bertz CT molecular complexity index is 689. The van der Waals surface area contributed by atoms with Gasteiger partial charge in [0.1, 0.15) is 10.7 Å². The van der Waals surface area contributed by atoms with Gasteiger partial charge in [-0.2, -0.15) is 4.68 Å². The molecule has 0 bridgehead atoms. The van der Waals surface area contributed by atoms with Gasteiger partial charge >= 0.3 is 0 Å². The minimum absolute atomic E-state index is 0.277. The van der Waals surface area contributed by atoms with Crippen molar-refractivity contribution in [1.29, 1.82) is 0 Å². The van der Waals surface area contributed by atoms with Crippen LogP contribution in [0, 0.1) is 0 Å². The first-order chi connectivity index (χ1) is 10.7. The summed E-state index contributed by atoms with van der Waals surface area (Å²) in [4.78, 5) is 21.3. The molecule has 0 saturated carbocycles. The van der Waals surface area contributed by atoms with Crippen molar-refractivity contribution in [3.8, 4) is 5.82 Å². The summed E-state index contributed by atoms with van der Waals surface area (Å²) in [5, 5.41) is 10.6. The molecule has 2 aromatic rings. The topological polar surface area (TPSA) is 101 Å². The molecule has 9 nitrogen and oxygen atoms in total. The largest absolute Gasteiger partial charge is 0.378 e. The Morgan fingerprint density at radius 3 is 2.95 bits per heavy atom. The molecule has 0 atom stereocenters. The van der Waals surface area contributed by atoms with Crippen molar-refractivity contribution < 1.29 is 9.53 Å². The smallest absolute Gasteiger partial charge is 0.271 e. The van der Waals surface area contributed by atoms with Crippen molar-refractivity contribution in [3.05, 3.63) is 23.9 Å². The number of carbonyl (C=O) groups is 1. The van der Waals surface area contributed by atoms with Crippen LogP contribution in [-0.4, -0.2) is 74.1 Å². The number of ether oxygens (including phenoxy) is 1. The monoisotopic (exact) mass is 321 g/mol. The fraction of sp³-hybridized carbons (Fsp3) is 0.417. The molecule has 2 N–H and O–H groups in total. The van der Waals surface area contributed by atoms with Gasteiger partial charge in [0.25, 0.3) is 5.91 Å². The van der Waals surface area contributed by atoms with E-state index in [1.807, 2.05) is 4.90 Å². The number of rotatable bonds is 3. The number of H-pyrrole nitrogens is 1. The zero-order valence-corrected chi connectivity index (χ0v) is 12.8. The van der Waals surface area contributed by atoms with Crippen LogP contribution in [0.3, 0.4) is 0 Å². The van der Waals surface area contributed by atoms with Gasteiger partial charge in [-0.1, -0.05) is 17.4 Å². The molecule has 1 aliphatic rings. The van der Waals surface area contributed by atoms with Crippen LogP contribution in [0.5, 0.6) is 0 Å². The van der Waals surface area contributed by atoms with E-state index in [9.17, 15) is 4.79 Å². The summed E-state index contributed by atoms with van der Waals surface area (Å²) in [6, 6.07) is 0. The number of hydrogen-bond donors (Lipinski definition) is 2. The number of thiocarbonyl (C=S) groups is 1. The first-order valence-corrected chi connectivity index (χ1v) is 7.16. The first kappa shape index (κ1) is 14.6. The maximum atomic E-state index is 11.8. The minimum atomic E-state index is -0.277. The van der Waals surface area contributed by atoms with E-state index in [1.54, 1.807) is 13.2 Å². The third-order valence-corrected chi connectivity index (χ3v) is 3.77. The molecule has 10 heteroatoms. The van der Waals surface area contributed by atoms with E-state index in [1.165, 1.54) is 11.0 Å². The van der Waals surface area contributed by atoms with Crippen molar-refractivity contribution in [2.45, 2.75) is 0 Å². The highest BCUT2D eigenvalue weighted by atomic mass is 32.1. The van der Waals surface area contributed by atoms with E-state index in [-0.39, 0.29) is 5.91 Å². The number of morpholine rings is 1. The number of hydrogen-bond acceptors (Lipinski definition) is 6. The Kier molecular flexibility index (Phi) is 4.11. The standard InChI is InChI=1S/C12H15N7O2S/c1-13-11(20)9-10(15-7-14-9)19-6-8(16-17-19)12(22)18-2-4-21-5-3-18/h6-7H,2-5H2,1H3,(H,13,20)(H,14,15). The van der Waals surface area contributed by atoms with Crippen molar-refractivity contribution >= 4 is 23.1 Å². The molecule has 22 heavy (non-hydrogen) atoms. The molecule has 1 amide bonds. The van der Waals surface area contributed by atoms with Gasteiger partial charge in [-0.3, -0.25) is 4.79 Å². The van der Waals surface area contributed by atoms with Crippen LogP contribution in [0.4, 0.5) is 0 Å². The highest BCUT2D eigenvalue weighted by Crippen LogP contribution is 2.11. The van der Waals surface area contributed by atoms with Crippen LogP contribution in [0.1, 0.15) is 16.2 Å². The van der Waals surface area contributed by atoms with Crippen LogP contribution < -0.4 is 5.32 Å². The van der Waals surface area contributed by atoms with Gasteiger partial charge in [0.15, 0.2) is 11.5 Å². The number of aromatic amines is 1. The number of aromatic nitrogens is 5. The quantitative estimate of drug-likeness (QED) is 0.725. The summed E-state index contributed by atoms with van der Waals surface area (Å²) in [6.45, 7) is 2.76. The first-order valence-electron chi connectivity index (χ1n) is 6.76. The predicted molar refractivity (Wildman–Crippen MR) is 81.0 cm³/mol. The molecule has 3 rings (SSSR count). The zero-order valence-electron chi connectivity index (χ0n) is 11.9. The maximum Gasteiger partial charge on any atom is 0.271 e. The van der Waals surface area contributed by atoms with Crippen LogP contribution >= 0.6 is 12.2 Å². The summed E-state index contributed by atoms with van der Waals surface area (Å²) < 4.78 is 6.74. The molecule has 0 radical (unpaired) electrons. The predicted octanol–water partition coefficient (Wildman–Crippen LogP) is -0.642. The van der Waals surface area contributed by atoms with Crippen molar-refractivity contribution in [2.75, 3.05) is 33.4 Å². The minimum Gasteiger partial charge on any atom is -0.378 e. The van der Waals surface area contributed by atoms with E-state index in [2.05, 4.69) is 25.6 Å². The molecular formula is C12H15N7O2S. The molecule has 0 aliphatic carbocycles. The average molecular weight is 321 g/mol. The number of nitrogens with zero attached hydrogens (tertiary/aromatic N) is 5. The Labute approximate surface area is 131 Å². The highest BCUT2D eigenvalue weighted by Gasteiger charge is 2.20. The average Bonchev–Trinajstić information content (AvgIpc) is 3.23. The van der Waals surface area contributed by atoms with Gasteiger partial charge in [0.05, 0.1) is 25.7 Å². The van der Waals surface area contributed by atoms with Crippen molar-refractivity contribution in [2.24, 2.45) is 0 Å². The number of amides is 1. The highest BCUT2D eigenvalue weighted by molar-refractivity contribution is 7.80. The lowest BCUT2D eigenvalue weighted by atomic mass is 10.3. The second-order valence-electron chi connectivity index (χ2n) is 4.63. The Morgan fingerprint density at radius 1 is 1.45 bits per heavy atom. The summed E-state index contributed by atoms with van der Waals surface area (Å²) in [6.07, 6.45) is 3.10. The summed E-state index contributed by atoms with van der Waals surface area (Å²) >= 11 is 5.44. The van der Waals surface area contributed by atoms with Crippen LogP contribution in [-0.2, 0) is 4.74 Å². The molecule has 116 valence electrons. The SMILES string of the molecule is CNC(=O)c1[nH]cnc1-n1cc(C(=S)N2CCOCC2)nn1. The third kappa shape index (κ3) is 2.70. The lowest BCUT2D eigenvalue weighted by Crippen LogP contribution is -2.40. The van der Waals surface area contributed by atoms with E-state index in [0.29, 0.717) is 35.4 Å². The summed E-state index contributed by atoms with van der Waals surface area (Å²) in [7, 11) is 1.55. The van der Waals surface area contributed by atoms with Gasteiger partial charge < -0.3 is 19.9 Å². The molecule has 1 fully saturated rings. The zero-order chi connectivity index (χ0) is 15.5. The molecular weight excluding hydrogens is 306 g/mol. The van der Waals surface area contributed by atoms with Crippen LogP contribution in [0.15, 0.2) is 12.5 Å². The van der Waals surface area contributed by atoms with Gasteiger partial charge in [-0.05, 0) is 0 Å². The van der Waals surface area contributed by atoms with E-state index >= 15 is 0 Å². The Balaban J connectivity index is 1.83. The van der Waals surface area contributed by atoms with Crippen LogP contribution in [0.25, 0.3) is 5.82 Å². The van der Waals surface area contributed by atoms with Gasteiger partial charge in [-0.25, -0.2) is 4.98 Å². The molecule has 1 aliphatic heterocycles. The van der Waals surface area contributed by atoms with Gasteiger partial charge in [0.2, 0.25) is 0 Å². The van der Waals surface area contributed by atoms with Crippen molar-refractivity contribution in [1.82, 2.24) is 35.2 Å². The molecule has 0 aromatic carbocycles. The number of imidazole rings is 1. The molecule has 0 unspecified atom stereocenters. The summed E-state index contributed by atoms with van der Waals surface area (Å²) in [5.74, 6) is 0.100. The van der Waals surface area contributed by atoms with E-state index < -0.39 is 0 Å². The fourth-order valence-electron chi connectivity index (χ4n) is 2.15. The maximum absolute atomic E-state index is 11.8. The molecule has 0 spiro atoms. The molecule has 3 heterocycles. The number of nitrogens with one attached hydrogen (secondary N) is 2. The molecule has 2 aromatic heterocycles. The van der Waals surface area contributed by atoms with Crippen molar-refractivity contribution in [3.63, 3.8) is 0 Å². The lowest BCUT2D eigenvalue weighted by Gasteiger charge is -2.27. The lowest BCUT2D eigenvalue weighted by molar-refractivity contribution is 0.0692. The van der Waals surface area contributed by atoms with E-state index in [0.717, 1.165) is 13.1 Å². The number of carbonyl (C=O) groups excluding carboxylic acids is 1. The second kappa shape index (κ2) is 6.20. The van der Waals surface area contributed by atoms with E-state index in [4.69, 9.17) is 17.0 Å². The Hall–Kier alpha value is -2.33. The van der Waals surface area contributed by atoms with Crippen LogP contribution in [0.2, 0.25) is 0 Å². The fourth-order valence-corrected chi connectivity index (χ4v) is 2.42. The normalized spacial score (nSPS) is 14.9. The molecule has 1 saturated heterocycles. The summed E-state index contributed by atoms with van der Waals surface area (Å²) in [5.41, 5.74) is 0.888. The van der Waals surface area contributed by atoms with Gasteiger partial charge in [0, 0.05) is 20.1 Å².